The first-order valence-electron chi connectivity index (χ1n) is 5.82. The van der Waals surface area contributed by atoms with Gasteiger partial charge in [0.05, 0.1) is 0 Å². The van der Waals surface area contributed by atoms with Crippen LogP contribution in [0.3, 0.4) is 0 Å². The summed E-state index contributed by atoms with van der Waals surface area (Å²) in [4.78, 5) is 11.0. The molecule has 3 heteroatoms. The number of fused-ring (bicyclic) bond motifs is 6. The van der Waals surface area contributed by atoms with Gasteiger partial charge in [0.25, 0.3) is 0 Å². The molecule has 2 heterocycles. The Labute approximate surface area is 91.0 Å². The fourth-order valence-corrected chi connectivity index (χ4v) is 4.15. The minimum atomic E-state index is -0.585. The van der Waals surface area contributed by atoms with Gasteiger partial charge in [0.2, 0.25) is 11.6 Å². The molecular weight excluding hydrogens is 192 g/mol. The van der Waals surface area contributed by atoms with Crippen molar-refractivity contribution >= 4 is 0 Å². The van der Waals surface area contributed by atoms with Gasteiger partial charge in [-0.1, -0.05) is 20.8 Å². The average molecular weight is 212 g/mol. The van der Waals surface area contributed by atoms with E-state index in [-0.39, 0.29) is 10.8 Å². The second kappa shape index (κ2) is 2.27. The molecule has 0 aromatic carbocycles. The highest BCUT2D eigenvalue weighted by Crippen LogP contribution is 2.71. The van der Waals surface area contributed by atoms with Gasteiger partial charge < -0.3 is 4.74 Å². The summed E-state index contributed by atoms with van der Waals surface area (Å²) in [5.41, 5.74) is 0.242. The molecule has 86 valence electrons. The van der Waals surface area contributed by atoms with Crippen molar-refractivity contribution in [2.45, 2.75) is 59.0 Å². The van der Waals surface area contributed by atoms with Crippen LogP contribution in [0.15, 0.2) is 0 Å². The summed E-state index contributed by atoms with van der Waals surface area (Å²) in [5.74, 6) is -0.711. The van der Waals surface area contributed by atoms with Crippen molar-refractivity contribution in [2.24, 2.45) is 16.7 Å². The monoisotopic (exact) mass is 212 g/mol. The fourth-order valence-electron chi connectivity index (χ4n) is 4.15. The zero-order valence-corrected chi connectivity index (χ0v) is 10.2. The Kier molecular flexibility index (Phi) is 1.52. The zero-order chi connectivity index (χ0) is 11.1. The molecular formula is C12H20O3. The first-order valence-corrected chi connectivity index (χ1v) is 5.82. The van der Waals surface area contributed by atoms with E-state index < -0.39 is 11.6 Å². The SMILES string of the molecule is CC1(C)[C@@H]2CC[C@@]1(C)[C@@]1(C)OO[C@]2(C)O1. The average Bonchev–Trinajstić information content (AvgIpc) is 2.49. The molecule has 1 saturated carbocycles. The molecule has 0 N–H and O–H groups in total. The highest BCUT2D eigenvalue weighted by molar-refractivity contribution is 5.14. The third-order valence-corrected chi connectivity index (χ3v) is 5.63. The van der Waals surface area contributed by atoms with E-state index in [2.05, 4.69) is 20.8 Å². The lowest BCUT2D eigenvalue weighted by Crippen LogP contribution is -2.60. The lowest BCUT2D eigenvalue weighted by Gasteiger charge is -2.53. The molecule has 3 aliphatic rings. The number of hydrogen-bond acceptors (Lipinski definition) is 3. The normalized spacial score (nSPS) is 61.0. The lowest BCUT2D eigenvalue weighted by atomic mass is 9.59. The summed E-state index contributed by atoms with van der Waals surface area (Å²) in [5, 5.41) is 0. The summed E-state index contributed by atoms with van der Waals surface area (Å²) < 4.78 is 6.05. The Morgan fingerprint density at radius 2 is 1.67 bits per heavy atom. The standard InChI is InChI=1S/C12H20O3/c1-9(2)8-6-7-10(9,3)12(5)13-11(8,4)14-15-12/h8H,6-7H2,1-5H3/t8-,10+,11-,12+/m0/s1. The Hall–Kier alpha value is -0.120. The molecule has 0 amide bonds. The van der Waals surface area contributed by atoms with Gasteiger partial charge in [-0.25, -0.2) is 0 Å². The minimum Gasteiger partial charge on any atom is -0.312 e. The van der Waals surface area contributed by atoms with Gasteiger partial charge in [-0.2, -0.15) is 9.78 Å². The van der Waals surface area contributed by atoms with E-state index in [4.69, 9.17) is 14.5 Å². The van der Waals surface area contributed by atoms with Crippen LogP contribution in [0.1, 0.15) is 47.5 Å². The molecule has 0 radical (unpaired) electrons. The van der Waals surface area contributed by atoms with E-state index in [1.54, 1.807) is 0 Å². The van der Waals surface area contributed by atoms with Gasteiger partial charge in [-0.15, -0.1) is 0 Å². The first-order chi connectivity index (χ1) is 6.75. The quantitative estimate of drug-likeness (QED) is 0.578. The van der Waals surface area contributed by atoms with E-state index >= 15 is 0 Å². The Balaban J connectivity index is 2.20. The van der Waals surface area contributed by atoms with E-state index in [9.17, 15) is 0 Å². The summed E-state index contributed by atoms with van der Waals surface area (Å²) in [6.07, 6.45) is 2.32. The topological polar surface area (TPSA) is 27.7 Å². The van der Waals surface area contributed by atoms with Gasteiger partial charge in [-0.3, -0.25) is 0 Å². The third-order valence-electron chi connectivity index (χ3n) is 5.63. The molecule has 4 bridgehead atoms. The Bertz CT molecular complexity index is 320. The van der Waals surface area contributed by atoms with Crippen LogP contribution < -0.4 is 0 Å². The molecule has 0 aromatic heterocycles. The molecule has 3 fully saturated rings. The van der Waals surface area contributed by atoms with Gasteiger partial charge >= 0.3 is 0 Å². The van der Waals surface area contributed by atoms with Crippen LogP contribution in [0.25, 0.3) is 0 Å². The molecule has 2 saturated heterocycles. The molecule has 1 aliphatic carbocycles. The van der Waals surface area contributed by atoms with E-state index in [1.165, 1.54) is 6.42 Å². The lowest BCUT2D eigenvalue weighted by molar-refractivity contribution is -0.360. The van der Waals surface area contributed by atoms with Crippen molar-refractivity contribution in [2.75, 3.05) is 0 Å². The molecule has 3 nitrogen and oxygen atoms in total. The molecule has 2 aliphatic heterocycles. The van der Waals surface area contributed by atoms with E-state index in [1.807, 2.05) is 13.8 Å². The van der Waals surface area contributed by atoms with Crippen molar-refractivity contribution < 1.29 is 14.5 Å². The van der Waals surface area contributed by atoms with Gasteiger partial charge in [0.1, 0.15) is 0 Å². The van der Waals surface area contributed by atoms with Crippen molar-refractivity contribution in [3.05, 3.63) is 0 Å². The maximum Gasteiger partial charge on any atom is 0.207 e. The molecule has 3 rings (SSSR count). The van der Waals surface area contributed by atoms with Crippen molar-refractivity contribution in [1.82, 2.24) is 0 Å². The maximum atomic E-state index is 6.05. The van der Waals surface area contributed by atoms with E-state index in [0.29, 0.717) is 5.92 Å². The van der Waals surface area contributed by atoms with Gasteiger partial charge in [-0.05, 0) is 32.1 Å². The predicted octanol–water partition coefficient (Wildman–Crippen LogP) is 2.85. The van der Waals surface area contributed by atoms with Crippen LogP contribution >= 0.6 is 0 Å². The minimum absolute atomic E-state index is 0.0423. The molecule has 4 atom stereocenters. The number of rotatable bonds is 0. The second-order valence-corrected chi connectivity index (χ2v) is 6.38. The maximum absolute atomic E-state index is 6.05. The van der Waals surface area contributed by atoms with Crippen LogP contribution in [0, 0.1) is 16.7 Å². The highest BCUT2D eigenvalue weighted by Gasteiger charge is 2.76. The Morgan fingerprint density at radius 1 is 1.00 bits per heavy atom. The highest BCUT2D eigenvalue weighted by atomic mass is 17.3. The van der Waals surface area contributed by atoms with E-state index in [0.717, 1.165) is 6.42 Å². The smallest absolute Gasteiger partial charge is 0.207 e. The number of ether oxygens (including phenoxy) is 1. The van der Waals surface area contributed by atoms with Crippen LogP contribution in [0.4, 0.5) is 0 Å². The van der Waals surface area contributed by atoms with Crippen LogP contribution in [-0.2, 0) is 14.5 Å². The largest absolute Gasteiger partial charge is 0.312 e. The van der Waals surface area contributed by atoms with Crippen LogP contribution in [-0.4, -0.2) is 11.6 Å². The van der Waals surface area contributed by atoms with Crippen molar-refractivity contribution in [1.29, 1.82) is 0 Å². The van der Waals surface area contributed by atoms with Crippen LogP contribution in [0.2, 0.25) is 0 Å². The molecule has 15 heavy (non-hydrogen) atoms. The van der Waals surface area contributed by atoms with Crippen LogP contribution in [0.5, 0.6) is 0 Å². The Morgan fingerprint density at radius 3 is 2.33 bits per heavy atom. The zero-order valence-electron chi connectivity index (χ0n) is 10.2. The summed E-state index contributed by atoms with van der Waals surface area (Å²) in [6, 6.07) is 0. The molecule has 0 unspecified atom stereocenters. The summed E-state index contributed by atoms with van der Waals surface area (Å²) >= 11 is 0. The summed E-state index contributed by atoms with van der Waals surface area (Å²) in [6.45, 7) is 10.9. The van der Waals surface area contributed by atoms with Gasteiger partial charge in [0.15, 0.2) is 0 Å². The third kappa shape index (κ3) is 0.820. The second-order valence-electron chi connectivity index (χ2n) is 6.38. The van der Waals surface area contributed by atoms with Crippen molar-refractivity contribution in [3.63, 3.8) is 0 Å². The van der Waals surface area contributed by atoms with Crippen molar-refractivity contribution in [3.8, 4) is 0 Å². The number of hydrogen-bond donors (Lipinski definition) is 0. The summed E-state index contributed by atoms with van der Waals surface area (Å²) in [7, 11) is 0. The fraction of sp³-hybridized carbons (Fsp3) is 1.00. The van der Waals surface area contributed by atoms with Gasteiger partial charge in [0, 0.05) is 11.3 Å². The molecule has 0 aromatic rings. The predicted molar refractivity (Wildman–Crippen MR) is 54.7 cm³/mol. The first kappa shape index (κ1) is 10.1. The molecule has 0 spiro atoms.